The van der Waals surface area contributed by atoms with E-state index in [0.717, 1.165) is 47.5 Å². The second-order valence-corrected chi connectivity index (χ2v) is 9.29. The fraction of sp³-hybridized carbons (Fsp3) is 0.458. The van der Waals surface area contributed by atoms with E-state index in [9.17, 15) is 14.4 Å². The zero-order valence-electron chi connectivity index (χ0n) is 18.6. The van der Waals surface area contributed by atoms with Crippen LogP contribution in [-0.4, -0.2) is 52.8 Å². The molecule has 2 unspecified atom stereocenters. The van der Waals surface area contributed by atoms with Crippen molar-refractivity contribution in [2.75, 3.05) is 18.4 Å². The Kier molecular flexibility index (Phi) is 6.91. The third-order valence-electron chi connectivity index (χ3n) is 6.31. The van der Waals surface area contributed by atoms with Gasteiger partial charge in [-0.1, -0.05) is 38.1 Å². The van der Waals surface area contributed by atoms with Crippen molar-refractivity contribution in [3.8, 4) is 0 Å². The number of hydrogen-bond donors (Lipinski definition) is 2. The lowest BCUT2D eigenvalue weighted by Gasteiger charge is -2.46. The molecule has 7 nitrogen and oxygen atoms in total. The van der Waals surface area contributed by atoms with Crippen LogP contribution in [0.2, 0.25) is 0 Å². The Morgan fingerprint density at radius 2 is 1.91 bits per heavy atom. The number of thiophene rings is 1. The van der Waals surface area contributed by atoms with E-state index in [2.05, 4.69) is 24.5 Å². The van der Waals surface area contributed by atoms with Crippen molar-refractivity contribution in [1.29, 1.82) is 0 Å². The van der Waals surface area contributed by atoms with Crippen molar-refractivity contribution in [1.82, 2.24) is 15.1 Å². The molecule has 2 aliphatic rings. The molecule has 32 heavy (non-hydrogen) atoms. The minimum Gasteiger partial charge on any atom is -0.324 e. The van der Waals surface area contributed by atoms with Crippen LogP contribution in [0.4, 0.5) is 10.5 Å². The maximum atomic E-state index is 13.4. The number of carbonyl (C=O) groups excluding carboxylic acids is 3. The van der Waals surface area contributed by atoms with Crippen molar-refractivity contribution < 1.29 is 14.4 Å². The average Bonchev–Trinajstić information content (AvgIpc) is 3.33. The molecule has 0 radical (unpaired) electrons. The maximum Gasteiger partial charge on any atom is 0.327 e. The van der Waals surface area contributed by atoms with Gasteiger partial charge in [0.05, 0.1) is 12.6 Å². The zero-order valence-corrected chi connectivity index (χ0v) is 19.4. The van der Waals surface area contributed by atoms with Crippen LogP contribution < -0.4 is 10.6 Å². The summed E-state index contributed by atoms with van der Waals surface area (Å²) in [5.41, 5.74) is 3.00. The van der Waals surface area contributed by atoms with Crippen LogP contribution in [0.25, 0.3) is 0 Å². The topological polar surface area (TPSA) is 81.8 Å². The predicted octanol–water partition coefficient (Wildman–Crippen LogP) is 3.40. The number of piperidine rings is 1. The van der Waals surface area contributed by atoms with Gasteiger partial charge in [-0.3, -0.25) is 14.5 Å². The molecule has 2 aromatic rings. The highest BCUT2D eigenvalue weighted by molar-refractivity contribution is 7.09. The second kappa shape index (κ2) is 9.83. The van der Waals surface area contributed by atoms with Gasteiger partial charge in [0, 0.05) is 10.6 Å². The number of anilines is 1. The van der Waals surface area contributed by atoms with Crippen molar-refractivity contribution in [3.63, 3.8) is 0 Å². The van der Waals surface area contributed by atoms with Gasteiger partial charge in [-0.15, -0.1) is 11.3 Å². The average molecular weight is 455 g/mol. The van der Waals surface area contributed by atoms with Crippen LogP contribution in [0.1, 0.15) is 42.7 Å². The standard InChI is InChI=1S/C24H30N4O3S/c1-3-16-8-5-9-17(4-2)21(16)26-20(29)15-27-19-11-6-12-25-22(19)23(30)28(24(27)31)14-18-10-7-13-32-18/h5,7-10,13,19,22,25H,3-4,6,11-12,14-15H2,1-2H3,(H,26,29). The number of amides is 4. The molecule has 3 heterocycles. The van der Waals surface area contributed by atoms with E-state index in [4.69, 9.17) is 0 Å². The quantitative estimate of drug-likeness (QED) is 0.672. The van der Waals surface area contributed by atoms with Crippen LogP contribution in [0.3, 0.4) is 0 Å². The summed E-state index contributed by atoms with van der Waals surface area (Å²) < 4.78 is 0. The van der Waals surface area contributed by atoms with Crippen LogP contribution in [0, 0.1) is 0 Å². The highest BCUT2D eigenvalue weighted by Crippen LogP contribution is 2.27. The van der Waals surface area contributed by atoms with Crippen LogP contribution in [-0.2, 0) is 29.0 Å². The summed E-state index contributed by atoms with van der Waals surface area (Å²) in [7, 11) is 0. The summed E-state index contributed by atoms with van der Waals surface area (Å²) in [6.07, 6.45) is 3.19. The van der Waals surface area contributed by atoms with E-state index < -0.39 is 6.04 Å². The first kappa shape index (κ1) is 22.5. The molecule has 0 spiro atoms. The van der Waals surface area contributed by atoms with Gasteiger partial charge < -0.3 is 15.5 Å². The van der Waals surface area contributed by atoms with Gasteiger partial charge in [0.15, 0.2) is 0 Å². The fourth-order valence-corrected chi connectivity index (χ4v) is 5.34. The fourth-order valence-electron chi connectivity index (χ4n) is 4.64. The maximum absolute atomic E-state index is 13.4. The van der Waals surface area contributed by atoms with E-state index in [1.807, 2.05) is 35.7 Å². The van der Waals surface area contributed by atoms with Gasteiger partial charge in [-0.25, -0.2) is 4.79 Å². The highest BCUT2D eigenvalue weighted by atomic mass is 32.1. The van der Waals surface area contributed by atoms with Crippen molar-refractivity contribution in [3.05, 3.63) is 51.7 Å². The normalized spacial score (nSPS) is 20.9. The van der Waals surface area contributed by atoms with Crippen molar-refractivity contribution >= 4 is 34.9 Å². The molecule has 1 aromatic carbocycles. The number of urea groups is 1. The molecule has 4 amide bonds. The summed E-state index contributed by atoms with van der Waals surface area (Å²) in [6.45, 7) is 5.02. The molecule has 170 valence electrons. The Bertz CT molecular complexity index is 969. The lowest BCUT2D eigenvalue weighted by molar-refractivity contribution is -0.138. The van der Waals surface area contributed by atoms with Crippen LogP contribution in [0.15, 0.2) is 35.7 Å². The number of nitrogens with one attached hydrogen (secondary N) is 2. The molecule has 0 saturated carbocycles. The number of aryl methyl sites for hydroxylation is 2. The van der Waals surface area contributed by atoms with Crippen LogP contribution in [0.5, 0.6) is 0 Å². The van der Waals surface area contributed by atoms with Crippen molar-refractivity contribution in [2.24, 2.45) is 0 Å². The number of benzene rings is 1. The number of rotatable bonds is 7. The van der Waals surface area contributed by atoms with Crippen LogP contribution >= 0.6 is 11.3 Å². The second-order valence-electron chi connectivity index (χ2n) is 8.26. The Balaban J connectivity index is 1.56. The number of nitrogens with zero attached hydrogens (tertiary/aromatic N) is 2. The molecule has 2 atom stereocenters. The Hall–Kier alpha value is -2.71. The van der Waals surface area contributed by atoms with E-state index in [1.54, 1.807) is 4.90 Å². The molecule has 4 rings (SSSR count). The van der Waals surface area contributed by atoms with Gasteiger partial charge in [0.1, 0.15) is 12.6 Å². The minimum absolute atomic E-state index is 0.0723. The molecule has 8 heteroatoms. The number of hydrogen-bond acceptors (Lipinski definition) is 5. The third kappa shape index (κ3) is 4.42. The first-order valence-electron chi connectivity index (χ1n) is 11.3. The van der Waals surface area contributed by atoms with Gasteiger partial charge in [-0.2, -0.15) is 0 Å². The first-order valence-corrected chi connectivity index (χ1v) is 12.2. The number of fused-ring (bicyclic) bond motifs is 1. The summed E-state index contributed by atoms with van der Waals surface area (Å²) in [5, 5.41) is 8.27. The first-order chi connectivity index (χ1) is 15.5. The Morgan fingerprint density at radius 1 is 1.16 bits per heavy atom. The molecule has 0 bridgehead atoms. The molecule has 2 N–H and O–H groups in total. The molecular weight excluding hydrogens is 424 g/mol. The summed E-state index contributed by atoms with van der Waals surface area (Å²) in [4.78, 5) is 43.4. The van der Waals surface area contributed by atoms with E-state index in [1.165, 1.54) is 16.2 Å². The zero-order chi connectivity index (χ0) is 22.7. The number of imide groups is 1. The monoisotopic (exact) mass is 454 g/mol. The van der Waals surface area contributed by atoms with Gasteiger partial charge >= 0.3 is 6.03 Å². The highest BCUT2D eigenvalue weighted by Gasteiger charge is 2.47. The van der Waals surface area contributed by atoms with E-state index >= 15 is 0 Å². The lowest BCUT2D eigenvalue weighted by atomic mass is 9.93. The van der Waals surface area contributed by atoms with Gasteiger partial charge in [0.2, 0.25) is 11.8 Å². The molecular formula is C24H30N4O3S. The minimum atomic E-state index is -0.469. The summed E-state index contributed by atoms with van der Waals surface area (Å²) in [5.74, 6) is -0.432. The molecule has 2 fully saturated rings. The Labute approximate surface area is 192 Å². The van der Waals surface area contributed by atoms with E-state index in [-0.39, 0.29) is 37.0 Å². The molecule has 1 aromatic heterocycles. The number of carbonyl (C=O) groups is 3. The summed E-state index contributed by atoms with van der Waals surface area (Å²) >= 11 is 1.51. The third-order valence-corrected chi connectivity index (χ3v) is 7.17. The predicted molar refractivity (Wildman–Crippen MR) is 126 cm³/mol. The van der Waals surface area contributed by atoms with Gasteiger partial charge in [0.25, 0.3) is 0 Å². The number of para-hydroxylation sites is 1. The van der Waals surface area contributed by atoms with Crippen molar-refractivity contribution in [2.45, 2.75) is 58.2 Å². The lowest BCUT2D eigenvalue weighted by Crippen LogP contribution is -2.69. The summed E-state index contributed by atoms with van der Waals surface area (Å²) in [6, 6.07) is 8.70. The smallest absolute Gasteiger partial charge is 0.324 e. The largest absolute Gasteiger partial charge is 0.327 e. The van der Waals surface area contributed by atoms with Gasteiger partial charge in [-0.05, 0) is 54.8 Å². The SMILES string of the molecule is CCc1cccc(CC)c1NC(=O)CN1C(=O)N(Cc2cccs2)C(=O)C2NCCCC21. The molecule has 2 saturated heterocycles. The molecule has 2 aliphatic heterocycles. The Morgan fingerprint density at radius 3 is 2.56 bits per heavy atom. The van der Waals surface area contributed by atoms with E-state index in [0.29, 0.717) is 6.42 Å². The molecule has 0 aliphatic carbocycles.